The molecule has 0 radical (unpaired) electrons. The molecule has 0 aliphatic heterocycles. The van der Waals surface area contributed by atoms with Gasteiger partial charge in [-0.3, -0.25) is 0 Å². The molecule has 0 aromatic carbocycles. The summed E-state index contributed by atoms with van der Waals surface area (Å²) in [4.78, 5) is 2.09. The molecule has 5 heteroatoms. The lowest BCUT2D eigenvalue weighted by atomic mass is 10.2. The number of nitrogens with one attached hydrogen (secondary N) is 1. The van der Waals surface area contributed by atoms with Gasteiger partial charge in [-0.1, -0.05) is 0 Å². The molecule has 0 spiro atoms. The van der Waals surface area contributed by atoms with E-state index in [0.29, 0.717) is 13.0 Å². The summed E-state index contributed by atoms with van der Waals surface area (Å²) < 4.78 is 35.2. The van der Waals surface area contributed by atoms with E-state index in [-0.39, 0.29) is 6.42 Å². The van der Waals surface area contributed by atoms with Crippen molar-refractivity contribution >= 4 is 0 Å². The van der Waals surface area contributed by atoms with Gasteiger partial charge in [-0.2, -0.15) is 13.2 Å². The van der Waals surface area contributed by atoms with Crippen LogP contribution in [-0.4, -0.2) is 44.8 Å². The SMILES string of the molecule is CN(C)CCCNCCCCC(F)(F)F. The Balaban J connectivity index is 3.06. The highest BCUT2D eigenvalue weighted by molar-refractivity contribution is 4.54. The number of unbranched alkanes of at least 4 members (excludes halogenated alkanes) is 1. The Morgan fingerprint density at radius 2 is 1.60 bits per heavy atom. The van der Waals surface area contributed by atoms with E-state index in [1.807, 2.05) is 14.1 Å². The molecule has 0 atom stereocenters. The third-order valence-corrected chi connectivity index (χ3v) is 2.02. The third-order valence-electron chi connectivity index (χ3n) is 2.02. The summed E-state index contributed by atoms with van der Waals surface area (Å²) >= 11 is 0. The predicted molar refractivity (Wildman–Crippen MR) is 55.9 cm³/mol. The van der Waals surface area contributed by atoms with Crippen LogP contribution in [0.5, 0.6) is 0 Å². The Bertz CT molecular complexity index is 146. The van der Waals surface area contributed by atoms with Gasteiger partial charge in [-0.05, 0) is 53.0 Å². The van der Waals surface area contributed by atoms with Crippen LogP contribution in [0.25, 0.3) is 0 Å². The Morgan fingerprint density at radius 3 is 2.13 bits per heavy atom. The first-order chi connectivity index (χ1) is 6.92. The van der Waals surface area contributed by atoms with Crippen molar-refractivity contribution in [3.8, 4) is 0 Å². The Morgan fingerprint density at radius 1 is 1.00 bits per heavy atom. The highest BCUT2D eigenvalue weighted by atomic mass is 19.4. The summed E-state index contributed by atoms with van der Waals surface area (Å²) in [5.74, 6) is 0. The lowest BCUT2D eigenvalue weighted by Gasteiger charge is -2.10. The van der Waals surface area contributed by atoms with E-state index >= 15 is 0 Å². The third kappa shape index (κ3) is 13.7. The molecule has 0 fully saturated rings. The molecule has 0 aromatic heterocycles. The molecule has 0 unspecified atom stereocenters. The average molecular weight is 226 g/mol. The number of hydrogen-bond donors (Lipinski definition) is 1. The molecule has 0 bridgehead atoms. The van der Waals surface area contributed by atoms with Gasteiger partial charge in [0.1, 0.15) is 0 Å². The van der Waals surface area contributed by atoms with Crippen molar-refractivity contribution in [1.82, 2.24) is 10.2 Å². The number of halogens is 3. The van der Waals surface area contributed by atoms with Crippen molar-refractivity contribution in [3.63, 3.8) is 0 Å². The molecule has 0 amide bonds. The van der Waals surface area contributed by atoms with Crippen LogP contribution in [0.2, 0.25) is 0 Å². The highest BCUT2D eigenvalue weighted by Gasteiger charge is 2.25. The molecule has 0 heterocycles. The van der Waals surface area contributed by atoms with E-state index in [1.165, 1.54) is 0 Å². The van der Waals surface area contributed by atoms with Crippen molar-refractivity contribution in [1.29, 1.82) is 0 Å². The highest BCUT2D eigenvalue weighted by Crippen LogP contribution is 2.21. The van der Waals surface area contributed by atoms with Crippen LogP contribution in [0.4, 0.5) is 13.2 Å². The van der Waals surface area contributed by atoms with E-state index in [9.17, 15) is 13.2 Å². The molecule has 2 nitrogen and oxygen atoms in total. The zero-order valence-corrected chi connectivity index (χ0v) is 9.53. The number of nitrogens with zero attached hydrogens (tertiary/aromatic N) is 1. The quantitative estimate of drug-likeness (QED) is 0.639. The molecule has 0 rings (SSSR count). The summed E-state index contributed by atoms with van der Waals surface area (Å²) in [6.07, 6.45) is -2.80. The number of rotatable bonds is 8. The average Bonchev–Trinajstić information content (AvgIpc) is 2.07. The lowest BCUT2D eigenvalue weighted by molar-refractivity contribution is -0.135. The van der Waals surface area contributed by atoms with Crippen LogP contribution in [0.1, 0.15) is 25.7 Å². The second-order valence-corrected chi connectivity index (χ2v) is 3.98. The van der Waals surface area contributed by atoms with Crippen LogP contribution in [-0.2, 0) is 0 Å². The van der Waals surface area contributed by atoms with Crippen molar-refractivity contribution in [2.45, 2.75) is 31.9 Å². The van der Waals surface area contributed by atoms with Gasteiger partial charge in [0, 0.05) is 6.42 Å². The van der Waals surface area contributed by atoms with Crippen molar-refractivity contribution < 1.29 is 13.2 Å². The maximum Gasteiger partial charge on any atom is 0.389 e. The number of alkyl halides is 3. The van der Waals surface area contributed by atoms with E-state index in [0.717, 1.165) is 19.5 Å². The smallest absolute Gasteiger partial charge is 0.317 e. The molecular formula is C10H21F3N2. The van der Waals surface area contributed by atoms with Gasteiger partial charge in [0.05, 0.1) is 0 Å². The van der Waals surface area contributed by atoms with Crippen LogP contribution in [0.3, 0.4) is 0 Å². The van der Waals surface area contributed by atoms with Crippen molar-refractivity contribution in [2.75, 3.05) is 33.7 Å². The minimum absolute atomic E-state index is 0.226. The van der Waals surface area contributed by atoms with Gasteiger partial charge >= 0.3 is 6.18 Å². The fourth-order valence-corrected chi connectivity index (χ4v) is 1.22. The largest absolute Gasteiger partial charge is 0.389 e. The fraction of sp³-hybridized carbons (Fsp3) is 1.00. The van der Waals surface area contributed by atoms with Crippen LogP contribution in [0, 0.1) is 0 Å². The monoisotopic (exact) mass is 226 g/mol. The number of hydrogen-bond acceptors (Lipinski definition) is 2. The molecule has 0 aliphatic rings. The second kappa shape index (κ2) is 7.93. The first-order valence-corrected chi connectivity index (χ1v) is 5.34. The molecule has 0 aromatic rings. The molecule has 0 saturated heterocycles. The van der Waals surface area contributed by atoms with Gasteiger partial charge in [0.25, 0.3) is 0 Å². The van der Waals surface area contributed by atoms with E-state index in [2.05, 4.69) is 10.2 Å². The Kier molecular flexibility index (Phi) is 7.78. The summed E-state index contributed by atoms with van der Waals surface area (Å²) in [7, 11) is 4.01. The van der Waals surface area contributed by atoms with Gasteiger partial charge < -0.3 is 10.2 Å². The van der Waals surface area contributed by atoms with Gasteiger partial charge in [0.2, 0.25) is 0 Å². The topological polar surface area (TPSA) is 15.3 Å². The molecular weight excluding hydrogens is 205 g/mol. The molecule has 0 aliphatic carbocycles. The Labute approximate surface area is 89.8 Å². The van der Waals surface area contributed by atoms with Gasteiger partial charge in [-0.25, -0.2) is 0 Å². The zero-order chi connectivity index (χ0) is 11.7. The normalized spacial score (nSPS) is 12.4. The summed E-state index contributed by atoms with van der Waals surface area (Å²) in [5, 5.41) is 3.13. The molecule has 1 N–H and O–H groups in total. The van der Waals surface area contributed by atoms with Crippen molar-refractivity contribution in [3.05, 3.63) is 0 Å². The predicted octanol–water partition coefficient (Wildman–Crippen LogP) is 2.26. The van der Waals surface area contributed by atoms with Crippen LogP contribution < -0.4 is 5.32 Å². The minimum Gasteiger partial charge on any atom is -0.317 e. The lowest BCUT2D eigenvalue weighted by Crippen LogP contribution is -2.22. The summed E-state index contributed by atoms with van der Waals surface area (Å²) in [5.41, 5.74) is 0. The van der Waals surface area contributed by atoms with Gasteiger partial charge in [0.15, 0.2) is 0 Å². The van der Waals surface area contributed by atoms with Crippen molar-refractivity contribution in [2.24, 2.45) is 0 Å². The second-order valence-electron chi connectivity index (χ2n) is 3.98. The van der Waals surface area contributed by atoms with Crippen LogP contribution >= 0.6 is 0 Å². The maximum atomic E-state index is 11.7. The van der Waals surface area contributed by atoms with E-state index in [1.54, 1.807) is 0 Å². The van der Waals surface area contributed by atoms with E-state index < -0.39 is 12.6 Å². The van der Waals surface area contributed by atoms with Crippen LogP contribution in [0.15, 0.2) is 0 Å². The molecule has 92 valence electrons. The first kappa shape index (κ1) is 14.7. The van der Waals surface area contributed by atoms with Gasteiger partial charge in [-0.15, -0.1) is 0 Å². The molecule has 0 saturated carbocycles. The van der Waals surface area contributed by atoms with E-state index in [4.69, 9.17) is 0 Å². The zero-order valence-electron chi connectivity index (χ0n) is 9.53. The first-order valence-electron chi connectivity index (χ1n) is 5.34. The molecule has 15 heavy (non-hydrogen) atoms. The Hall–Kier alpha value is -0.290. The fourth-order valence-electron chi connectivity index (χ4n) is 1.22. The minimum atomic E-state index is -4.00. The maximum absolute atomic E-state index is 11.7. The summed E-state index contributed by atoms with van der Waals surface area (Å²) in [6.45, 7) is 2.57. The standard InChI is InChI=1S/C10H21F3N2/c1-15(2)9-5-8-14-7-4-3-6-10(11,12)13/h14H,3-9H2,1-2H3. The summed E-state index contributed by atoms with van der Waals surface area (Å²) in [6, 6.07) is 0.